The van der Waals surface area contributed by atoms with E-state index in [2.05, 4.69) is 69.6 Å². The molecule has 0 aliphatic rings. The van der Waals surface area contributed by atoms with E-state index in [1.807, 2.05) is 13.0 Å². The van der Waals surface area contributed by atoms with Gasteiger partial charge in [-0.15, -0.1) is 0 Å². The maximum atomic E-state index is 12.4. The molecular formula is C35H56NO3+. The van der Waals surface area contributed by atoms with Crippen LogP contribution in [0.3, 0.4) is 0 Å². The number of nitrogens with zero attached hydrogens (tertiary/aromatic N) is 1. The van der Waals surface area contributed by atoms with Gasteiger partial charge >= 0.3 is 5.97 Å². The molecule has 0 bridgehead atoms. The Labute approximate surface area is 239 Å². The van der Waals surface area contributed by atoms with Crippen LogP contribution in [0.2, 0.25) is 0 Å². The van der Waals surface area contributed by atoms with Gasteiger partial charge in [0.2, 0.25) is 0 Å². The number of unbranched alkanes of at least 4 members (excludes halogenated alkanes) is 9. The first-order valence-electron chi connectivity index (χ1n) is 15.6. The zero-order valence-electron chi connectivity index (χ0n) is 25.5. The molecular weight excluding hydrogens is 482 g/mol. The predicted octanol–water partition coefficient (Wildman–Crippen LogP) is 8.76. The predicted molar refractivity (Wildman–Crippen MR) is 164 cm³/mol. The molecule has 4 heteroatoms. The van der Waals surface area contributed by atoms with Gasteiger partial charge in [0.25, 0.3) is 0 Å². The van der Waals surface area contributed by atoms with Crippen LogP contribution in [0.4, 0.5) is 0 Å². The number of aryl methyl sites for hydroxylation is 1. The molecule has 0 saturated carbocycles. The first-order chi connectivity index (χ1) is 18.9. The van der Waals surface area contributed by atoms with Crippen molar-refractivity contribution in [2.24, 2.45) is 5.92 Å². The van der Waals surface area contributed by atoms with Crippen molar-refractivity contribution in [1.82, 2.24) is 0 Å². The first kappa shape index (κ1) is 32.9. The van der Waals surface area contributed by atoms with Crippen molar-refractivity contribution in [3.05, 3.63) is 65.7 Å². The maximum absolute atomic E-state index is 12.4. The molecule has 39 heavy (non-hydrogen) atoms. The third-order valence-electron chi connectivity index (χ3n) is 7.57. The van der Waals surface area contributed by atoms with Crippen LogP contribution in [-0.4, -0.2) is 44.3 Å². The van der Waals surface area contributed by atoms with E-state index < -0.39 is 0 Å². The minimum absolute atomic E-state index is 0.0801. The van der Waals surface area contributed by atoms with Crippen LogP contribution in [0.25, 0.3) is 0 Å². The van der Waals surface area contributed by atoms with Crippen molar-refractivity contribution < 1.29 is 18.8 Å². The Morgan fingerprint density at radius 1 is 0.744 bits per heavy atom. The van der Waals surface area contributed by atoms with E-state index in [1.165, 1.54) is 68.9 Å². The Kier molecular flexibility index (Phi) is 16.6. The molecule has 0 aliphatic carbocycles. The number of carbonyl (C=O) groups excluding carboxylic acids is 1. The van der Waals surface area contributed by atoms with Crippen LogP contribution < -0.4 is 4.74 Å². The number of rotatable bonds is 22. The summed E-state index contributed by atoms with van der Waals surface area (Å²) < 4.78 is 12.3. The van der Waals surface area contributed by atoms with Crippen molar-refractivity contribution in [1.29, 1.82) is 0 Å². The van der Waals surface area contributed by atoms with Gasteiger partial charge in [0.1, 0.15) is 12.3 Å². The van der Waals surface area contributed by atoms with Gasteiger partial charge in [-0.3, -0.25) is 4.79 Å². The minimum atomic E-state index is -0.0850. The van der Waals surface area contributed by atoms with Crippen molar-refractivity contribution in [2.45, 2.75) is 104 Å². The summed E-state index contributed by atoms with van der Waals surface area (Å²) in [5.41, 5.74) is 2.72. The lowest BCUT2D eigenvalue weighted by molar-refractivity contribution is -0.904. The molecule has 1 unspecified atom stereocenters. The highest BCUT2D eigenvalue weighted by molar-refractivity contribution is 5.71. The third kappa shape index (κ3) is 15.8. The van der Waals surface area contributed by atoms with Crippen LogP contribution in [0.5, 0.6) is 5.75 Å². The molecule has 0 heterocycles. The van der Waals surface area contributed by atoms with E-state index >= 15 is 0 Å². The third-order valence-corrected chi connectivity index (χ3v) is 7.57. The molecule has 1 atom stereocenters. The normalized spacial score (nSPS) is 12.3. The fourth-order valence-corrected chi connectivity index (χ4v) is 4.92. The van der Waals surface area contributed by atoms with Crippen LogP contribution >= 0.6 is 0 Å². The number of carbonyl (C=O) groups is 1. The zero-order valence-corrected chi connectivity index (χ0v) is 25.5. The molecule has 2 aromatic rings. The van der Waals surface area contributed by atoms with Crippen molar-refractivity contribution in [3.63, 3.8) is 0 Å². The Hall–Kier alpha value is -2.33. The summed E-state index contributed by atoms with van der Waals surface area (Å²) in [7, 11) is 4.44. The molecule has 0 amide bonds. The second-order valence-corrected chi connectivity index (χ2v) is 11.9. The van der Waals surface area contributed by atoms with Gasteiger partial charge in [-0.1, -0.05) is 108 Å². The molecule has 4 nitrogen and oxygen atoms in total. The van der Waals surface area contributed by atoms with E-state index in [-0.39, 0.29) is 11.9 Å². The van der Waals surface area contributed by atoms with Crippen molar-refractivity contribution in [2.75, 3.05) is 33.9 Å². The topological polar surface area (TPSA) is 35.5 Å². The maximum Gasteiger partial charge on any atom is 0.308 e. The Balaban J connectivity index is 1.48. The zero-order chi connectivity index (χ0) is 28.2. The number of quaternary nitrogens is 1. The quantitative estimate of drug-likeness (QED) is 0.0854. The summed E-state index contributed by atoms with van der Waals surface area (Å²) in [5.74, 6) is 0.759. The van der Waals surface area contributed by atoms with E-state index in [4.69, 9.17) is 9.47 Å². The summed E-state index contributed by atoms with van der Waals surface area (Å²) in [6, 6.07) is 19.1. The lowest BCUT2D eigenvalue weighted by atomic mass is 10.0. The number of esters is 1. The van der Waals surface area contributed by atoms with Gasteiger partial charge in [-0.25, -0.2) is 0 Å². The van der Waals surface area contributed by atoms with Gasteiger partial charge in [-0.2, -0.15) is 0 Å². The Bertz CT molecular complexity index is 879. The molecule has 2 aromatic carbocycles. The number of benzene rings is 2. The second-order valence-electron chi connectivity index (χ2n) is 11.9. The average molecular weight is 539 g/mol. The van der Waals surface area contributed by atoms with Crippen LogP contribution in [0, 0.1) is 5.92 Å². The highest BCUT2D eigenvalue weighted by atomic mass is 16.5. The molecule has 0 radical (unpaired) electrons. The van der Waals surface area contributed by atoms with Crippen LogP contribution in [-0.2, 0) is 22.5 Å². The van der Waals surface area contributed by atoms with Crippen molar-refractivity contribution in [3.8, 4) is 5.75 Å². The average Bonchev–Trinajstić information content (AvgIpc) is 2.93. The summed E-state index contributed by atoms with van der Waals surface area (Å²) >= 11 is 0. The van der Waals surface area contributed by atoms with Gasteiger partial charge < -0.3 is 14.0 Å². The molecule has 2 rings (SSSR count). The molecule has 0 fully saturated rings. The second kappa shape index (κ2) is 19.7. The lowest BCUT2D eigenvalue weighted by Crippen LogP contribution is -2.40. The SMILES string of the molecule is CCCCCCCCCCCc1ccc(OCCCCOC(=O)C(C)CC[N+](C)(C)Cc2ccccc2)cc1. The molecule has 0 saturated heterocycles. The minimum Gasteiger partial charge on any atom is -0.494 e. The van der Waals surface area contributed by atoms with E-state index in [1.54, 1.807) is 0 Å². The van der Waals surface area contributed by atoms with Gasteiger partial charge in [0, 0.05) is 12.0 Å². The fraction of sp³-hybridized carbons (Fsp3) is 0.629. The fourth-order valence-electron chi connectivity index (χ4n) is 4.92. The Morgan fingerprint density at radius 2 is 1.36 bits per heavy atom. The van der Waals surface area contributed by atoms with Gasteiger partial charge in [0.15, 0.2) is 0 Å². The van der Waals surface area contributed by atoms with Gasteiger partial charge in [-0.05, 0) is 43.4 Å². The summed E-state index contributed by atoms with van der Waals surface area (Å²) in [4.78, 5) is 12.4. The molecule has 218 valence electrons. The summed E-state index contributed by atoms with van der Waals surface area (Å²) in [5, 5.41) is 0. The summed E-state index contributed by atoms with van der Waals surface area (Å²) in [6.07, 6.45) is 16.0. The first-order valence-corrected chi connectivity index (χ1v) is 15.6. The molecule has 0 spiro atoms. The summed E-state index contributed by atoms with van der Waals surface area (Å²) in [6.45, 7) is 7.27. The van der Waals surface area contributed by atoms with E-state index in [0.717, 1.165) is 49.0 Å². The largest absolute Gasteiger partial charge is 0.494 e. The molecule has 0 aliphatic heterocycles. The highest BCUT2D eigenvalue weighted by Gasteiger charge is 2.21. The highest BCUT2D eigenvalue weighted by Crippen LogP contribution is 2.17. The monoisotopic (exact) mass is 538 g/mol. The molecule has 0 aromatic heterocycles. The lowest BCUT2D eigenvalue weighted by Gasteiger charge is -2.30. The van der Waals surface area contributed by atoms with Crippen molar-refractivity contribution >= 4 is 5.97 Å². The standard InChI is InChI=1S/C35H56NO3/c1-5-6-7-8-9-10-11-12-14-19-32-22-24-34(25-23-32)38-28-17-18-29-39-35(37)31(2)26-27-36(3,4)30-33-20-15-13-16-21-33/h13,15-16,20-25,31H,5-12,14,17-19,26-30H2,1-4H3/q+1. The van der Waals surface area contributed by atoms with Crippen LogP contribution in [0.15, 0.2) is 54.6 Å². The smallest absolute Gasteiger partial charge is 0.308 e. The molecule has 0 N–H and O–H groups in total. The number of hydrogen-bond acceptors (Lipinski definition) is 3. The van der Waals surface area contributed by atoms with Crippen LogP contribution in [0.1, 0.15) is 102 Å². The van der Waals surface area contributed by atoms with E-state index in [0.29, 0.717) is 13.2 Å². The van der Waals surface area contributed by atoms with Gasteiger partial charge in [0.05, 0.1) is 39.8 Å². The number of hydrogen-bond donors (Lipinski definition) is 0. The Morgan fingerprint density at radius 3 is 2.03 bits per heavy atom. The van der Waals surface area contributed by atoms with E-state index in [9.17, 15) is 4.79 Å². The number of ether oxygens (including phenoxy) is 2.